The van der Waals surface area contributed by atoms with Gasteiger partial charge in [-0.05, 0) is 90.4 Å². The van der Waals surface area contributed by atoms with Gasteiger partial charge in [0.05, 0.1) is 42.0 Å². The third-order valence-electron chi connectivity index (χ3n) is 14.9. The van der Waals surface area contributed by atoms with Gasteiger partial charge in [-0.15, -0.1) is 0 Å². The molecule has 11 nitrogen and oxygen atoms in total. The molecule has 0 aliphatic carbocycles. The molecule has 0 amide bonds. The molecule has 0 aromatic carbocycles. The predicted molar refractivity (Wildman–Crippen MR) is 229 cm³/mol. The van der Waals surface area contributed by atoms with Gasteiger partial charge in [0, 0.05) is 42.1 Å². The van der Waals surface area contributed by atoms with Crippen molar-refractivity contribution in [1.82, 2.24) is 0 Å². The Morgan fingerprint density at radius 3 is 2.03 bits per heavy atom. The lowest BCUT2D eigenvalue weighted by atomic mass is 9.62. The summed E-state index contributed by atoms with van der Waals surface area (Å²) in [6, 6.07) is 0. The van der Waals surface area contributed by atoms with E-state index in [-0.39, 0.29) is 29.8 Å². The maximum Gasteiger partial charge on any atom is 0.330 e. The Kier molecular flexibility index (Phi) is 18.0. The van der Waals surface area contributed by atoms with Gasteiger partial charge < -0.3 is 39.7 Å². The zero-order valence-electron chi connectivity index (χ0n) is 38.4. The summed E-state index contributed by atoms with van der Waals surface area (Å²) in [7, 11) is 0. The molecule has 59 heavy (non-hydrogen) atoms. The summed E-state index contributed by atoms with van der Waals surface area (Å²) in [5.41, 5.74) is -4.01. The number of esters is 1. The molecule has 2 bridgehead atoms. The summed E-state index contributed by atoms with van der Waals surface area (Å²) in [5, 5.41) is 55.5. The zero-order valence-corrected chi connectivity index (χ0v) is 38.4. The number of allylic oxidation sites excluding steroid dienone is 4. The fourth-order valence-corrected chi connectivity index (χ4v) is 10.2. The molecular weight excluding hydrogens is 753 g/mol. The second-order valence-corrected chi connectivity index (χ2v) is 19.4. The fraction of sp³-hybridized carbons (Fsp3) is 0.812. The largest absolute Gasteiger partial charge is 0.455 e. The monoisotopic (exact) mass is 833 g/mol. The maximum absolute atomic E-state index is 14.0. The molecule has 3 rings (SSSR count). The Hall–Kier alpha value is -2.25. The number of carbonyl (C=O) groups is 3. The first kappa shape index (κ1) is 51.1. The van der Waals surface area contributed by atoms with E-state index in [4.69, 9.17) is 14.2 Å². The Morgan fingerprint density at radius 2 is 1.44 bits per heavy atom. The topological polar surface area (TPSA) is 180 Å². The lowest BCUT2D eigenvalue weighted by molar-refractivity contribution is -0.412. The van der Waals surface area contributed by atoms with E-state index in [1.807, 2.05) is 25.2 Å². The average Bonchev–Trinajstić information content (AvgIpc) is 3.18. The van der Waals surface area contributed by atoms with Crippen LogP contribution in [0.5, 0.6) is 0 Å². The van der Waals surface area contributed by atoms with Crippen molar-refractivity contribution in [3.05, 3.63) is 36.5 Å². The molecule has 0 saturated carbocycles. The number of hydrogen-bond donors (Lipinski definition) is 5. The number of fused-ring (bicyclic) bond motifs is 2. The van der Waals surface area contributed by atoms with E-state index in [0.717, 1.165) is 19.3 Å². The van der Waals surface area contributed by atoms with E-state index in [1.54, 1.807) is 27.7 Å². The summed E-state index contributed by atoms with van der Waals surface area (Å²) in [6.45, 7) is 23.4. The van der Waals surface area contributed by atoms with Crippen molar-refractivity contribution in [2.24, 2.45) is 53.3 Å². The maximum atomic E-state index is 14.0. The fourth-order valence-electron chi connectivity index (χ4n) is 10.2. The zero-order chi connectivity index (χ0) is 44.8. The Balaban J connectivity index is 2.10. The molecule has 11 heteroatoms. The number of Topliss-reactive ketones (excluding diaryl/α,β-unsaturated/α-hetero) is 2. The first-order chi connectivity index (χ1) is 27.3. The lowest BCUT2D eigenvalue weighted by Gasteiger charge is -2.63. The molecule has 3 aliphatic heterocycles. The van der Waals surface area contributed by atoms with Gasteiger partial charge in [0.25, 0.3) is 0 Å². The van der Waals surface area contributed by atoms with Crippen LogP contribution in [0, 0.1) is 53.3 Å². The standard InChI is InChI=1S/C48H80O11/c1-14-36-20-18-16-17-19-30(5)43(54)46(12,56)44(55)34(9)42(53)33(8)41(52)32(7)40(51)29(4)21-22-39(50)58-47(13)35(10)45(11,25-24-36)59-48(38(47)15-2)26-23-28(3)37(57-48)27-31(6)49/h16-18,20-22,28-38,40,42-43,49,51,53-54,56H,14-15,19,23-27H2,1-13H3/b17-16+,20-18+,22-21+/t28-,29-,30+,31+,32-,33-,34-,35+,36-,37-,38-,40+,42+,43-,45-,46+,47+,48+/m1/s1. The van der Waals surface area contributed by atoms with Crippen LogP contribution in [0.25, 0.3) is 0 Å². The first-order valence-electron chi connectivity index (χ1n) is 22.5. The number of aliphatic hydroxyl groups excluding tert-OH is 4. The normalized spacial score (nSPS) is 47.6. The van der Waals surface area contributed by atoms with Crippen molar-refractivity contribution in [3.8, 4) is 0 Å². The molecule has 0 unspecified atom stereocenters. The summed E-state index contributed by atoms with van der Waals surface area (Å²) >= 11 is 0. The van der Waals surface area contributed by atoms with E-state index in [2.05, 4.69) is 40.7 Å². The number of carbonyl (C=O) groups excluding carboxylic acids is 3. The summed E-state index contributed by atoms with van der Waals surface area (Å²) < 4.78 is 20.9. The quantitative estimate of drug-likeness (QED) is 0.183. The van der Waals surface area contributed by atoms with Crippen molar-refractivity contribution in [1.29, 1.82) is 0 Å². The SMILES string of the molecule is CC[C@@H]1/C=C/C=C/C[C@H](C)[C@@H](O)[C@](C)(O)C(=O)[C@H](C)[C@@H](O)[C@H](C)C(=O)[C@H](C)[C@@H](O)[C@H](C)/C=C/C(=O)O[C@@]2(C)[C@@H](C)[C@@](C)(CC1)O[C@@]1(CC[C@@H](C)[C@@H](C[C@H](C)O)O1)[C@@H]2CC. The number of ether oxygens (including phenoxy) is 3. The molecular formula is C48H80O11. The van der Waals surface area contributed by atoms with E-state index >= 15 is 0 Å². The second kappa shape index (κ2) is 20.7. The molecule has 3 heterocycles. The van der Waals surface area contributed by atoms with E-state index < -0.39 is 94.1 Å². The Bertz CT molecular complexity index is 1500. The van der Waals surface area contributed by atoms with Gasteiger partial charge in [-0.2, -0.15) is 0 Å². The Labute approximate surface area is 355 Å². The van der Waals surface area contributed by atoms with E-state index in [9.17, 15) is 39.9 Å². The van der Waals surface area contributed by atoms with Crippen molar-refractivity contribution in [2.45, 2.75) is 194 Å². The van der Waals surface area contributed by atoms with Crippen LogP contribution < -0.4 is 0 Å². The van der Waals surface area contributed by atoms with Crippen LogP contribution in [-0.4, -0.2) is 96.2 Å². The highest BCUT2D eigenvalue weighted by atomic mass is 16.7. The van der Waals surface area contributed by atoms with Crippen LogP contribution in [-0.2, 0) is 28.6 Å². The minimum Gasteiger partial charge on any atom is -0.455 e. The second-order valence-electron chi connectivity index (χ2n) is 19.4. The highest BCUT2D eigenvalue weighted by Crippen LogP contribution is 2.58. The highest BCUT2D eigenvalue weighted by Gasteiger charge is 2.66. The predicted octanol–water partition coefficient (Wildman–Crippen LogP) is 7.05. The minimum absolute atomic E-state index is 0.191. The first-order valence-corrected chi connectivity index (χ1v) is 22.5. The molecule has 18 atom stereocenters. The van der Waals surface area contributed by atoms with Crippen molar-refractivity contribution in [2.75, 3.05) is 0 Å². The third kappa shape index (κ3) is 11.4. The molecule has 5 N–H and O–H groups in total. The average molecular weight is 833 g/mol. The van der Waals surface area contributed by atoms with Crippen molar-refractivity contribution < 1.29 is 54.1 Å². The van der Waals surface area contributed by atoms with Gasteiger partial charge in [-0.25, -0.2) is 4.79 Å². The van der Waals surface area contributed by atoms with Gasteiger partial charge in [0.15, 0.2) is 11.6 Å². The molecule has 338 valence electrons. The number of rotatable bonds is 4. The Morgan fingerprint density at radius 1 is 0.814 bits per heavy atom. The molecule has 0 aromatic heterocycles. The molecule has 0 radical (unpaired) electrons. The van der Waals surface area contributed by atoms with Gasteiger partial charge in [-0.3, -0.25) is 9.59 Å². The van der Waals surface area contributed by atoms with Gasteiger partial charge in [0.1, 0.15) is 17.0 Å². The van der Waals surface area contributed by atoms with Crippen LogP contribution in [0.3, 0.4) is 0 Å². The smallest absolute Gasteiger partial charge is 0.330 e. The molecule has 1 spiro atoms. The molecule has 2 saturated heterocycles. The van der Waals surface area contributed by atoms with Gasteiger partial charge in [0.2, 0.25) is 0 Å². The van der Waals surface area contributed by atoms with Crippen LogP contribution in [0.1, 0.15) is 141 Å². The van der Waals surface area contributed by atoms with E-state index in [1.165, 1.54) is 32.9 Å². The van der Waals surface area contributed by atoms with Gasteiger partial charge in [-0.1, -0.05) is 92.7 Å². The number of hydrogen-bond acceptors (Lipinski definition) is 11. The number of aliphatic hydroxyl groups is 5. The van der Waals surface area contributed by atoms with Crippen molar-refractivity contribution in [3.63, 3.8) is 0 Å². The van der Waals surface area contributed by atoms with Crippen LogP contribution in [0.15, 0.2) is 36.5 Å². The van der Waals surface area contributed by atoms with Crippen LogP contribution in [0.2, 0.25) is 0 Å². The lowest BCUT2D eigenvalue weighted by Crippen LogP contribution is -2.71. The minimum atomic E-state index is -2.19. The molecule has 2 fully saturated rings. The van der Waals surface area contributed by atoms with Gasteiger partial charge >= 0.3 is 5.97 Å². The number of ketones is 2. The molecule has 0 aromatic rings. The van der Waals surface area contributed by atoms with Crippen molar-refractivity contribution >= 4 is 17.5 Å². The third-order valence-corrected chi connectivity index (χ3v) is 14.9. The molecule has 3 aliphatic rings. The summed E-state index contributed by atoms with van der Waals surface area (Å²) in [6.07, 6.45) is 10.9. The summed E-state index contributed by atoms with van der Waals surface area (Å²) in [5.74, 6) is -7.60. The van der Waals surface area contributed by atoms with Crippen LogP contribution >= 0.6 is 0 Å². The van der Waals surface area contributed by atoms with E-state index in [0.29, 0.717) is 32.1 Å². The summed E-state index contributed by atoms with van der Waals surface area (Å²) in [4.78, 5) is 41.1. The highest BCUT2D eigenvalue weighted by molar-refractivity contribution is 5.91. The van der Waals surface area contributed by atoms with Crippen LogP contribution in [0.4, 0.5) is 0 Å².